The number of hydrogen-bond donors (Lipinski definition) is 0. The minimum absolute atomic E-state index is 0.0256. The Morgan fingerprint density at radius 2 is 1.60 bits per heavy atom. The molecule has 35 heavy (non-hydrogen) atoms. The van der Waals surface area contributed by atoms with Crippen molar-refractivity contribution in [1.29, 1.82) is 0 Å². The van der Waals surface area contributed by atoms with Crippen molar-refractivity contribution in [3.05, 3.63) is 54.1 Å². The zero-order valence-corrected chi connectivity index (χ0v) is 20.4. The Kier molecular flexibility index (Phi) is 7.76. The van der Waals surface area contributed by atoms with Gasteiger partial charge in [0.05, 0.1) is 18.0 Å². The number of fused-ring (bicyclic) bond motifs is 1. The van der Waals surface area contributed by atoms with Crippen molar-refractivity contribution in [2.24, 2.45) is 0 Å². The van der Waals surface area contributed by atoms with Crippen molar-refractivity contribution < 1.29 is 32.2 Å². The minimum Gasteiger partial charge on any atom is -0.486 e. The van der Waals surface area contributed by atoms with Gasteiger partial charge in [-0.1, -0.05) is 30.3 Å². The molecule has 0 atom stereocenters. The van der Waals surface area contributed by atoms with E-state index in [1.165, 1.54) is 16.4 Å². The van der Waals surface area contributed by atoms with Crippen LogP contribution in [0.3, 0.4) is 0 Å². The molecule has 10 nitrogen and oxygen atoms in total. The van der Waals surface area contributed by atoms with E-state index in [1.807, 2.05) is 30.3 Å². The number of sulfonamides is 1. The van der Waals surface area contributed by atoms with Crippen molar-refractivity contribution >= 4 is 22.0 Å². The number of ether oxygens (including phenoxy) is 3. The molecular weight excluding hydrogens is 474 g/mol. The lowest BCUT2D eigenvalue weighted by Crippen LogP contribution is -2.53. The number of amides is 2. The highest BCUT2D eigenvalue weighted by atomic mass is 32.2. The van der Waals surface area contributed by atoms with E-state index in [1.54, 1.807) is 22.8 Å². The van der Waals surface area contributed by atoms with Gasteiger partial charge in [-0.05, 0) is 24.6 Å². The van der Waals surface area contributed by atoms with Gasteiger partial charge in [-0.2, -0.15) is 4.31 Å². The fourth-order valence-corrected chi connectivity index (χ4v) is 5.34. The maximum atomic E-state index is 13.6. The third kappa shape index (κ3) is 5.85. The average Bonchev–Trinajstić information content (AvgIpc) is 2.88. The first-order chi connectivity index (χ1) is 16.9. The van der Waals surface area contributed by atoms with Gasteiger partial charge in [-0.15, -0.1) is 0 Å². The van der Waals surface area contributed by atoms with Crippen LogP contribution in [-0.4, -0.2) is 87.1 Å². The molecule has 0 saturated carbocycles. The summed E-state index contributed by atoms with van der Waals surface area (Å²) in [6.45, 7) is 3.73. The molecule has 11 heteroatoms. The van der Waals surface area contributed by atoms with E-state index >= 15 is 0 Å². The molecule has 2 aliphatic heterocycles. The molecule has 0 aromatic heterocycles. The van der Waals surface area contributed by atoms with Crippen LogP contribution < -0.4 is 9.47 Å². The summed E-state index contributed by atoms with van der Waals surface area (Å²) < 4.78 is 44.5. The Labute approximate surface area is 205 Å². The van der Waals surface area contributed by atoms with Gasteiger partial charge in [-0.25, -0.2) is 13.2 Å². The highest BCUT2D eigenvalue weighted by Crippen LogP contribution is 2.33. The molecule has 0 N–H and O–H groups in total. The van der Waals surface area contributed by atoms with Gasteiger partial charge in [0.2, 0.25) is 15.9 Å². The van der Waals surface area contributed by atoms with Crippen LogP contribution in [0.4, 0.5) is 4.79 Å². The molecule has 1 fully saturated rings. The monoisotopic (exact) mass is 503 g/mol. The number of rotatable bonds is 7. The van der Waals surface area contributed by atoms with Gasteiger partial charge >= 0.3 is 6.09 Å². The van der Waals surface area contributed by atoms with E-state index < -0.39 is 16.1 Å². The SMILES string of the molecule is CCOC(=O)N1CCN(C(=O)CN(Cc2ccccc2)S(=O)(=O)c2ccc3c(c2)OCCO3)CC1. The molecule has 1 saturated heterocycles. The molecule has 2 aromatic carbocycles. The molecule has 2 aliphatic rings. The zero-order valence-electron chi connectivity index (χ0n) is 19.6. The number of carbonyl (C=O) groups is 2. The third-order valence-corrected chi connectivity index (χ3v) is 7.61. The van der Waals surface area contributed by atoms with E-state index in [2.05, 4.69) is 0 Å². The summed E-state index contributed by atoms with van der Waals surface area (Å²) in [4.78, 5) is 28.2. The standard InChI is InChI=1S/C24H29N3O7S/c1-2-32-24(29)26-12-10-25(11-13-26)23(28)18-27(17-19-6-4-3-5-7-19)35(30,31)20-8-9-21-22(16-20)34-15-14-33-21/h3-9,16H,2,10-15,17-18H2,1H3. The van der Waals surface area contributed by atoms with Crippen molar-refractivity contribution in [1.82, 2.24) is 14.1 Å². The van der Waals surface area contributed by atoms with Crippen LogP contribution in [0.25, 0.3) is 0 Å². The predicted octanol–water partition coefficient (Wildman–Crippen LogP) is 1.95. The van der Waals surface area contributed by atoms with Gasteiger partial charge in [0, 0.05) is 38.8 Å². The third-order valence-electron chi connectivity index (χ3n) is 5.82. The molecule has 2 heterocycles. The Bertz CT molecular complexity index is 1150. The van der Waals surface area contributed by atoms with E-state index in [9.17, 15) is 18.0 Å². The van der Waals surface area contributed by atoms with Gasteiger partial charge in [0.1, 0.15) is 13.2 Å². The topological polar surface area (TPSA) is 106 Å². The van der Waals surface area contributed by atoms with Gasteiger partial charge in [-0.3, -0.25) is 4.79 Å². The molecule has 0 spiro atoms. The van der Waals surface area contributed by atoms with Crippen LogP contribution in [0.2, 0.25) is 0 Å². The highest BCUT2D eigenvalue weighted by molar-refractivity contribution is 7.89. The molecule has 188 valence electrons. The molecule has 0 bridgehead atoms. The number of piperazine rings is 1. The van der Waals surface area contributed by atoms with Crippen molar-refractivity contribution in [3.63, 3.8) is 0 Å². The Hall–Kier alpha value is -3.31. The normalized spacial score (nSPS) is 15.7. The van der Waals surface area contributed by atoms with E-state index in [0.717, 1.165) is 5.56 Å². The molecule has 0 aliphatic carbocycles. The molecule has 2 amide bonds. The Morgan fingerprint density at radius 1 is 0.943 bits per heavy atom. The fourth-order valence-electron chi connectivity index (χ4n) is 3.95. The number of hydrogen-bond acceptors (Lipinski definition) is 7. The van der Waals surface area contributed by atoms with Crippen molar-refractivity contribution in [2.75, 3.05) is 52.5 Å². The van der Waals surface area contributed by atoms with Gasteiger partial charge < -0.3 is 24.0 Å². The van der Waals surface area contributed by atoms with Crippen LogP contribution in [0.1, 0.15) is 12.5 Å². The lowest BCUT2D eigenvalue weighted by Gasteiger charge is -2.35. The Morgan fingerprint density at radius 3 is 2.29 bits per heavy atom. The van der Waals surface area contributed by atoms with Crippen molar-refractivity contribution in [2.45, 2.75) is 18.4 Å². The van der Waals surface area contributed by atoms with Crippen LogP contribution in [0.15, 0.2) is 53.4 Å². The molecule has 0 unspecified atom stereocenters. The van der Waals surface area contributed by atoms with E-state index in [0.29, 0.717) is 50.9 Å². The summed E-state index contributed by atoms with van der Waals surface area (Å²) in [6.07, 6.45) is -0.411. The second-order valence-corrected chi connectivity index (χ2v) is 10.1. The highest BCUT2D eigenvalue weighted by Gasteiger charge is 2.32. The maximum absolute atomic E-state index is 13.6. The average molecular weight is 504 g/mol. The lowest BCUT2D eigenvalue weighted by atomic mass is 10.2. The predicted molar refractivity (Wildman–Crippen MR) is 127 cm³/mol. The summed E-state index contributed by atoms with van der Waals surface area (Å²) >= 11 is 0. The first kappa shape index (κ1) is 24.8. The number of nitrogens with zero attached hydrogens (tertiary/aromatic N) is 3. The van der Waals surface area contributed by atoms with Crippen molar-refractivity contribution in [3.8, 4) is 11.5 Å². The largest absolute Gasteiger partial charge is 0.486 e. The summed E-state index contributed by atoms with van der Waals surface area (Å²) in [5.41, 5.74) is 0.758. The first-order valence-electron chi connectivity index (χ1n) is 11.5. The van der Waals surface area contributed by atoms with Crippen LogP contribution in [-0.2, 0) is 26.1 Å². The van der Waals surface area contributed by atoms with Crippen LogP contribution in [0, 0.1) is 0 Å². The van der Waals surface area contributed by atoms with Gasteiger partial charge in [0.25, 0.3) is 0 Å². The van der Waals surface area contributed by atoms with E-state index in [4.69, 9.17) is 14.2 Å². The molecular formula is C24H29N3O7S. The lowest BCUT2D eigenvalue weighted by molar-refractivity contribution is -0.133. The second kappa shape index (κ2) is 11.0. The van der Waals surface area contributed by atoms with E-state index in [-0.39, 0.29) is 30.5 Å². The van der Waals surface area contributed by atoms with Crippen LogP contribution >= 0.6 is 0 Å². The number of benzene rings is 2. The molecule has 4 rings (SSSR count). The molecule has 2 aromatic rings. The summed E-state index contributed by atoms with van der Waals surface area (Å²) in [7, 11) is -4.03. The number of carbonyl (C=O) groups excluding carboxylic acids is 2. The van der Waals surface area contributed by atoms with Crippen LogP contribution in [0.5, 0.6) is 11.5 Å². The van der Waals surface area contributed by atoms with Gasteiger partial charge in [0.15, 0.2) is 11.5 Å². The quantitative estimate of drug-likeness (QED) is 0.569. The first-order valence-corrected chi connectivity index (χ1v) is 13.0. The summed E-state index contributed by atoms with van der Waals surface area (Å²) in [5.74, 6) is 0.518. The smallest absolute Gasteiger partial charge is 0.409 e. The molecule has 0 radical (unpaired) electrons. The summed E-state index contributed by atoms with van der Waals surface area (Å²) in [6, 6.07) is 13.6. The Balaban J connectivity index is 1.52. The minimum atomic E-state index is -4.03. The zero-order chi connectivity index (χ0) is 24.8. The summed E-state index contributed by atoms with van der Waals surface area (Å²) in [5, 5.41) is 0. The second-order valence-electron chi connectivity index (χ2n) is 8.13. The maximum Gasteiger partial charge on any atom is 0.409 e. The fraction of sp³-hybridized carbons (Fsp3) is 0.417.